The van der Waals surface area contributed by atoms with Crippen LogP contribution < -0.4 is 4.46 Å². The number of aromatic amines is 2. The summed E-state index contributed by atoms with van der Waals surface area (Å²) >= 11 is -0.150. The molecule has 0 unspecified atom stereocenters. The van der Waals surface area contributed by atoms with Crippen LogP contribution in [0.5, 0.6) is 0 Å². The first-order valence-corrected chi connectivity index (χ1v) is 20.9. The Bertz CT molecular complexity index is 2480. The summed E-state index contributed by atoms with van der Waals surface area (Å²) in [7, 11) is 3.97. The molecule has 57 heavy (non-hydrogen) atoms. The molecule has 0 spiro atoms. The second-order valence-corrected chi connectivity index (χ2v) is 16.6. The number of nitrogens with one attached hydrogen (secondary N) is 2. The zero-order chi connectivity index (χ0) is 41.1. The number of methoxy groups -OCH3 is 3. The van der Waals surface area contributed by atoms with Crippen molar-refractivity contribution < 1.29 is 33.5 Å². The van der Waals surface area contributed by atoms with E-state index in [1.165, 1.54) is 21.3 Å². The van der Waals surface area contributed by atoms with Gasteiger partial charge in [0.2, 0.25) is 0 Å². The van der Waals surface area contributed by atoms with Gasteiger partial charge in [-0.05, 0) is 0 Å². The summed E-state index contributed by atoms with van der Waals surface area (Å²) < 4.78 is 16.2. The molecule has 13 nitrogen and oxygen atoms in total. The molecule has 5 heterocycles. The number of nitro groups is 1. The number of aromatic nitrogens is 4. The van der Waals surface area contributed by atoms with Crippen molar-refractivity contribution >= 4 is 76.2 Å². The van der Waals surface area contributed by atoms with Crippen molar-refractivity contribution in [2.45, 2.75) is 83.9 Å². The van der Waals surface area contributed by atoms with E-state index in [1.54, 1.807) is 12.1 Å². The maximum absolute atomic E-state index is 13.6. The van der Waals surface area contributed by atoms with Crippen molar-refractivity contribution in [2.24, 2.45) is 0 Å². The van der Waals surface area contributed by atoms with Crippen molar-refractivity contribution in [2.75, 3.05) is 21.3 Å². The van der Waals surface area contributed by atoms with Gasteiger partial charge in [0.05, 0.1) is 21.3 Å². The Kier molecular flexibility index (Phi) is 12.4. The van der Waals surface area contributed by atoms with Crippen molar-refractivity contribution in [3.63, 3.8) is 0 Å². The molecule has 2 N–H and O–H groups in total. The minimum atomic E-state index is -0.596. The third kappa shape index (κ3) is 8.15. The van der Waals surface area contributed by atoms with E-state index in [0.29, 0.717) is 35.4 Å². The monoisotopic (exact) mass is 841 g/mol. The van der Waals surface area contributed by atoms with Crippen LogP contribution in [0.3, 0.4) is 0 Å². The van der Waals surface area contributed by atoms with Crippen LogP contribution >= 0.6 is 0 Å². The number of ether oxygens (including phenoxy) is 3. The van der Waals surface area contributed by atoms with Crippen molar-refractivity contribution in [3.05, 3.63) is 103 Å². The summed E-state index contributed by atoms with van der Waals surface area (Å²) in [5, 5.41) is 12.5. The number of nitrogens with zero attached hydrogens (tertiary/aromatic N) is 3. The Balaban J connectivity index is 1.69. The number of carbonyl (C=O) groups excluding carboxylic acids is 3. The SMILES string of the molecule is CCc1c(C)c2cc3[nH]c(cc4nc(c(CC(=O)OC)c5nc(cc1[nH]2)C(C)=C5C(=O)OC)[C@@H](CCC(=O)OC)[C@@H]4C)c(C)c3CC[Se]c1ccccc1[N+](=O)[O-]. The van der Waals surface area contributed by atoms with Crippen LogP contribution in [0.25, 0.3) is 33.2 Å². The molecule has 3 aromatic heterocycles. The molecule has 0 saturated carbocycles. The molecular weight excluding hydrogens is 793 g/mol. The second kappa shape index (κ2) is 17.3. The van der Waals surface area contributed by atoms with Gasteiger partial charge in [0.1, 0.15) is 0 Å². The van der Waals surface area contributed by atoms with Crippen LogP contribution in [0.4, 0.5) is 5.69 Å². The van der Waals surface area contributed by atoms with E-state index >= 15 is 0 Å². The molecule has 0 radical (unpaired) electrons. The number of H-pyrrole nitrogens is 2. The third-order valence-corrected chi connectivity index (χ3v) is 13.3. The standard InChI is InChI=1S/C43H47N5O8Se/c1-9-26-22(2)31-20-35-27(16-17-57-37-13-11-10-12-36(37)48(52)53)23(3)30(45-35)19-32-24(4)28(14-15-38(49)54-6)41(46-32)29(18-39(50)55-7)42-40(43(51)56-8)25(5)33(47-42)21-34(26)44-31/h10-13,19-21,24,28,44-45H,9,14-18H2,1-8H3/t24-,28-/m0/s1. The van der Waals surface area contributed by atoms with Gasteiger partial charge < -0.3 is 14.2 Å². The average molecular weight is 841 g/mol. The molecule has 298 valence electrons. The molecule has 2 atom stereocenters. The Morgan fingerprint density at radius 3 is 2.19 bits per heavy atom. The van der Waals surface area contributed by atoms with Gasteiger partial charge >= 0.3 is 288 Å². The number of carbonyl (C=O) groups is 3. The minimum absolute atomic E-state index is 0.111. The maximum atomic E-state index is 13.6. The second-order valence-electron chi connectivity index (χ2n) is 14.2. The first-order valence-electron chi connectivity index (χ1n) is 18.9. The van der Waals surface area contributed by atoms with E-state index in [2.05, 4.69) is 36.8 Å². The normalized spacial score (nSPS) is 15.1. The summed E-state index contributed by atoms with van der Waals surface area (Å²) in [6.07, 6.45) is 1.66. The Morgan fingerprint density at radius 1 is 0.860 bits per heavy atom. The van der Waals surface area contributed by atoms with Gasteiger partial charge in [0.15, 0.2) is 0 Å². The van der Waals surface area contributed by atoms with E-state index < -0.39 is 11.9 Å². The van der Waals surface area contributed by atoms with Gasteiger partial charge in [-0.3, -0.25) is 9.59 Å². The van der Waals surface area contributed by atoms with E-state index in [0.717, 1.165) is 66.2 Å². The van der Waals surface area contributed by atoms with Gasteiger partial charge in [-0.25, -0.2) is 4.79 Å². The van der Waals surface area contributed by atoms with Gasteiger partial charge in [-0.2, -0.15) is 0 Å². The fourth-order valence-electron chi connectivity index (χ4n) is 7.87. The topological polar surface area (TPSA) is 179 Å². The van der Waals surface area contributed by atoms with Crippen LogP contribution in [-0.4, -0.2) is 79.1 Å². The van der Waals surface area contributed by atoms with Gasteiger partial charge in [0.25, 0.3) is 0 Å². The van der Waals surface area contributed by atoms with Crippen LogP contribution in [0.15, 0.2) is 42.5 Å². The zero-order valence-corrected chi connectivity index (χ0v) is 35.2. The van der Waals surface area contributed by atoms with Gasteiger partial charge in [-0.15, -0.1) is 0 Å². The summed E-state index contributed by atoms with van der Waals surface area (Å²) in [5.74, 6) is -2.06. The molecule has 0 saturated heterocycles. The number of aryl methyl sites for hydroxylation is 4. The molecule has 2 aliphatic heterocycles. The number of benzene rings is 1. The molecule has 2 aliphatic rings. The number of hydrogen-bond acceptors (Lipinski definition) is 10. The number of para-hydroxylation sites is 1. The van der Waals surface area contributed by atoms with E-state index in [-0.39, 0.29) is 67.5 Å². The number of allylic oxidation sites excluding steroid dienone is 1. The molecular formula is C43H47N5O8Se. The fourth-order valence-corrected chi connectivity index (χ4v) is 9.95. The fraction of sp³-hybridized carbons (Fsp3) is 0.372. The number of esters is 3. The summed E-state index contributed by atoms with van der Waals surface area (Å²) in [5.41, 5.74) is 11.2. The van der Waals surface area contributed by atoms with Crippen molar-refractivity contribution in [1.82, 2.24) is 19.9 Å². The molecule has 0 fully saturated rings. The number of rotatable bonds is 12. The predicted molar refractivity (Wildman–Crippen MR) is 219 cm³/mol. The van der Waals surface area contributed by atoms with Crippen LogP contribution in [-0.2, 0) is 47.9 Å². The van der Waals surface area contributed by atoms with Crippen molar-refractivity contribution in [1.29, 1.82) is 0 Å². The van der Waals surface area contributed by atoms with E-state index in [9.17, 15) is 24.5 Å². The quantitative estimate of drug-likeness (QED) is 0.0494. The van der Waals surface area contributed by atoms with Gasteiger partial charge in [-0.1, -0.05) is 0 Å². The number of nitro benzene ring substituents is 1. The van der Waals surface area contributed by atoms with Crippen LogP contribution in [0.2, 0.25) is 5.32 Å². The zero-order valence-electron chi connectivity index (χ0n) is 33.5. The molecule has 8 bridgehead atoms. The van der Waals surface area contributed by atoms with Gasteiger partial charge in [0, 0.05) is 0 Å². The van der Waals surface area contributed by atoms with Crippen LogP contribution in [0.1, 0.15) is 96.0 Å². The third-order valence-electron chi connectivity index (χ3n) is 11.1. The molecule has 14 heteroatoms. The first kappa shape index (κ1) is 41.1. The Morgan fingerprint density at radius 2 is 1.53 bits per heavy atom. The number of fused-ring (bicyclic) bond motifs is 8. The molecule has 6 rings (SSSR count). The number of hydrogen-bond donors (Lipinski definition) is 2. The summed E-state index contributed by atoms with van der Waals surface area (Å²) in [4.78, 5) is 68.3. The summed E-state index contributed by atoms with van der Waals surface area (Å²) in [6, 6.07) is 13.0. The predicted octanol–water partition coefficient (Wildman–Crippen LogP) is 7.05. The molecule has 4 aromatic rings. The Hall–Kier alpha value is -5.59. The first-order chi connectivity index (χ1) is 27.3. The molecule has 1 aromatic carbocycles. The van der Waals surface area contributed by atoms with E-state index in [4.69, 9.17) is 24.2 Å². The molecule has 0 aliphatic carbocycles. The van der Waals surface area contributed by atoms with E-state index in [1.807, 2.05) is 38.1 Å². The average Bonchev–Trinajstić information content (AvgIpc) is 3.88. The van der Waals surface area contributed by atoms with Crippen LogP contribution in [0, 0.1) is 24.0 Å². The van der Waals surface area contributed by atoms with Crippen molar-refractivity contribution in [3.8, 4) is 0 Å². The molecule has 0 amide bonds. The Labute approximate surface area is 337 Å². The summed E-state index contributed by atoms with van der Waals surface area (Å²) in [6.45, 7) is 10.1.